The number of benzene rings is 1. The summed E-state index contributed by atoms with van der Waals surface area (Å²) in [6.07, 6.45) is 4.38. The molecule has 0 aliphatic carbocycles. The molecule has 0 radical (unpaired) electrons. The van der Waals surface area contributed by atoms with Crippen LogP contribution < -0.4 is 0 Å². The van der Waals surface area contributed by atoms with Gasteiger partial charge in [0.15, 0.2) is 5.78 Å². The first-order chi connectivity index (χ1) is 11.0. The van der Waals surface area contributed by atoms with E-state index < -0.39 is 5.97 Å². The maximum absolute atomic E-state index is 12.9. The van der Waals surface area contributed by atoms with Crippen LogP contribution in [0, 0.1) is 5.82 Å². The van der Waals surface area contributed by atoms with Crippen LogP contribution in [-0.4, -0.2) is 18.9 Å². The van der Waals surface area contributed by atoms with E-state index in [0.717, 1.165) is 30.2 Å². The predicted octanol–water partition coefficient (Wildman–Crippen LogP) is 5.19. The van der Waals surface area contributed by atoms with E-state index in [1.807, 2.05) is 0 Å². The van der Waals surface area contributed by atoms with Crippen molar-refractivity contribution in [3.05, 3.63) is 45.7 Å². The van der Waals surface area contributed by atoms with E-state index in [2.05, 4.69) is 22.9 Å². The molecule has 0 atom stereocenters. The fraction of sp³-hybridized carbons (Fsp3) is 0.444. The molecule has 0 saturated carbocycles. The highest BCUT2D eigenvalue weighted by molar-refractivity contribution is 9.11. The average Bonchev–Trinajstić information content (AvgIpc) is 2.55. The molecule has 0 N–H and O–H groups in total. The Kier molecular flexibility index (Phi) is 8.77. The lowest BCUT2D eigenvalue weighted by Gasteiger charge is -2.09. The Morgan fingerprint density at radius 3 is 2.30 bits per heavy atom. The highest BCUT2D eigenvalue weighted by atomic mass is 79.9. The second-order valence-electron chi connectivity index (χ2n) is 5.26. The Balaban J connectivity index is 2.73. The lowest BCUT2D eigenvalue weighted by Crippen LogP contribution is -2.09. The smallest absolute Gasteiger partial charge is 0.334 e. The molecular weight excluding hydrogens is 363 g/mol. The van der Waals surface area contributed by atoms with Crippen molar-refractivity contribution < 1.29 is 18.7 Å². The van der Waals surface area contributed by atoms with Gasteiger partial charge >= 0.3 is 5.97 Å². The van der Waals surface area contributed by atoms with Crippen molar-refractivity contribution in [3.8, 4) is 0 Å². The van der Waals surface area contributed by atoms with Crippen LogP contribution in [0.5, 0.6) is 0 Å². The van der Waals surface area contributed by atoms with Gasteiger partial charge in [-0.2, -0.15) is 0 Å². The first-order valence-electron chi connectivity index (χ1n) is 7.74. The number of carbonyl (C=O) groups excluding carboxylic acids is 2. The summed E-state index contributed by atoms with van der Waals surface area (Å²) in [7, 11) is 1.33. The van der Waals surface area contributed by atoms with Crippen molar-refractivity contribution in [1.82, 2.24) is 0 Å². The third kappa shape index (κ3) is 6.65. The van der Waals surface area contributed by atoms with Gasteiger partial charge in [0.2, 0.25) is 0 Å². The summed E-state index contributed by atoms with van der Waals surface area (Å²) in [6, 6.07) is 5.42. The number of esters is 1. The van der Waals surface area contributed by atoms with Crippen molar-refractivity contribution in [3.63, 3.8) is 0 Å². The fourth-order valence-corrected chi connectivity index (χ4v) is 2.81. The van der Waals surface area contributed by atoms with Gasteiger partial charge in [-0.25, -0.2) is 9.18 Å². The van der Waals surface area contributed by atoms with Gasteiger partial charge in [0.25, 0.3) is 0 Å². The summed E-state index contributed by atoms with van der Waals surface area (Å²) in [6.45, 7) is 2.11. The summed E-state index contributed by atoms with van der Waals surface area (Å²) in [5.74, 6) is -0.920. The summed E-state index contributed by atoms with van der Waals surface area (Å²) in [4.78, 5) is 24.1. The van der Waals surface area contributed by atoms with Gasteiger partial charge in [0, 0.05) is 22.0 Å². The highest BCUT2D eigenvalue weighted by Crippen LogP contribution is 2.24. The molecule has 126 valence electrons. The largest absolute Gasteiger partial charge is 0.466 e. The lowest BCUT2D eigenvalue weighted by atomic mass is 10.0. The van der Waals surface area contributed by atoms with Crippen molar-refractivity contribution in [2.75, 3.05) is 7.11 Å². The molecule has 0 aliphatic heterocycles. The molecule has 1 aromatic rings. The molecule has 3 nitrogen and oxygen atoms in total. The molecule has 0 unspecified atom stereocenters. The third-order valence-electron chi connectivity index (χ3n) is 3.53. The Morgan fingerprint density at radius 1 is 1.09 bits per heavy atom. The molecule has 0 saturated heterocycles. The van der Waals surface area contributed by atoms with Crippen molar-refractivity contribution >= 4 is 27.7 Å². The third-order valence-corrected chi connectivity index (χ3v) is 4.40. The standard InChI is InChI=1S/C18H22BrFO3/c1-3-4-5-6-16(19)15(18(22)23-2)11-12-17(21)13-7-9-14(20)10-8-13/h7-10H,3-6,11-12H2,1-2H3/b16-15-. The number of ketones is 1. The number of ether oxygens (including phenoxy) is 1. The fourth-order valence-electron chi connectivity index (χ4n) is 2.17. The molecule has 1 aromatic carbocycles. The van der Waals surface area contributed by atoms with Gasteiger partial charge in [0.05, 0.1) is 7.11 Å². The molecule has 0 aliphatic rings. The number of hydrogen-bond donors (Lipinski definition) is 0. The van der Waals surface area contributed by atoms with Crippen LogP contribution in [0.15, 0.2) is 34.3 Å². The maximum atomic E-state index is 12.9. The first-order valence-corrected chi connectivity index (χ1v) is 8.53. The minimum atomic E-state index is -0.416. The van der Waals surface area contributed by atoms with Crippen LogP contribution >= 0.6 is 15.9 Å². The number of rotatable bonds is 9. The van der Waals surface area contributed by atoms with Gasteiger partial charge in [-0.05, 0) is 43.5 Å². The van der Waals surface area contributed by atoms with Crippen LogP contribution in [0.25, 0.3) is 0 Å². The monoisotopic (exact) mass is 384 g/mol. The SMILES string of the molecule is CCCCC/C(Br)=C(\CCC(=O)c1ccc(F)cc1)C(=O)OC. The lowest BCUT2D eigenvalue weighted by molar-refractivity contribution is -0.136. The minimum absolute atomic E-state index is 0.125. The number of methoxy groups -OCH3 is 1. The summed E-state index contributed by atoms with van der Waals surface area (Å²) >= 11 is 3.45. The molecule has 0 bridgehead atoms. The van der Waals surface area contributed by atoms with Gasteiger partial charge in [-0.15, -0.1) is 0 Å². The summed E-state index contributed by atoms with van der Waals surface area (Å²) in [5, 5.41) is 0. The molecule has 0 fully saturated rings. The number of unbranched alkanes of at least 4 members (excludes halogenated alkanes) is 2. The normalized spacial score (nSPS) is 11.8. The molecule has 23 heavy (non-hydrogen) atoms. The van der Waals surface area contributed by atoms with E-state index in [1.165, 1.54) is 31.4 Å². The topological polar surface area (TPSA) is 43.4 Å². The summed E-state index contributed by atoms with van der Waals surface area (Å²) < 4.78 is 18.5. The molecular formula is C18H22BrFO3. The van der Waals surface area contributed by atoms with Crippen molar-refractivity contribution in [2.24, 2.45) is 0 Å². The average molecular weight is 385 g/mol. The van der Waals surface area contributed by atoms with Crippen LogP contribution in [-0.2, 0) is 9.53 Å². The van der Waals surface area contributed by atoms with Crippen LogP contribution in [0.3, 0.4) is 0 Å². The number of hydrogen-bond acceptors (Lipinski definition) is 3. The van der Waals surface area contributed by atoms with E-state index in [0.29, 0.717) is 17.6 Å². The van der Waals surface area contributed by atoms with Crippen molar-refractivity contribution in [1.29, 1.82) is 0 Å². The zero-order chi connectivity index (χ0) is 17.2. The van der Waals surface area contributed by atoms with E-state index >= 15 is 0 Å². The van der Waals surface area contributed by atoms with Gasteiger partial charge in [0.1, 0.15) is 5.82 Å². The Morgan fingerprint density at radius 2 is 1.74 bits per heavy atom. The molecule has 0 aromatic heterocycles. The van der Waals surface area contributed by atoms with Gasteiger partial charge in [-0.3, -0.25) is 4.79 Å². The Hall–Kier alpha value is -1.49. The molecule has 0 amide bonds. The second kappa shape index (κ2) is 10.3. The van der Waals surface area contributed by atoms with Crippen molar-refractivity contribution in [2.45, 2.75) is 45.4 Å². The maximum Gasteiger partial charge on any atom is 0.334 e. The van der Waals surface area contributed by atoms with Crippen LogP contribution in [0.2, 0.25) is 0 Å². The molecule has 5 heteroatoms. The van der Waals surface area contributed by atoms with E-state index in [-0.39, 0.29) is 18.0 Å². The molecule has 0 heterocycles. The zero-order valence-corrected chi connectivity index (χ0v) is 15.1. The van der Waals surface area contributed by atoms with E-state index in [9.17, 15) is 14.0 Å². The highest BCUT2D eigenvalue weighted by Gasteiger charge is 2.17. The summed E-state index contributed by atoms with van der Waals surface area (Å²) in [5.41, 5.74) is 0.941. The predicted molar refractivity (Wildman–Crippen MR) is 92.1 cm³/mol. The van der Waals surface area contributed by atoms with E-state index in [4.69, 9.17) is 4.74 Å². The Labute approximate surface area is 145 Å². The second-order valence-corrected chi connectivity index (χ2v) is 6.22. The van der Waals surface area contributed by atoms with Crippen LogP contribution in [0.4, 0.5) is 4.39 Å². The number of halogens is 2. The Bertz CT molecular complexity index is 564. The van der Waals surface area contributed by atoms with Gasteiger partial charge < -0.3 is 4.74 Å². The van der Waals surface area contributed by atoms with E-state index in [1.54, 1.807) is 0 Å². The van der Waals surface area contributed by atoms with Crippen LogP contribution in [0.1, 0.15) is 55.8 Å². The number of carbonyl (C=O) groups is 2. The van der Waals surface area contributed by atoms with Gasteiger partial charge in [-0.1, -0.05) is 35.7 Å². The number of allylic oxidation sites excluding steroid dienone is 1. The number of Topliss-reactive ketones (excluding diaryl/α,β-unsaturated/α-hetero) is 1. The molecule has 0 spiro atoms. The quantitative estimate of drug-likeness (QED) is 0.254. The molecule has 1 rings (SSSR count). The first kappa shape index (κ1) is 19.6. The zero-order valence-electron chi connectivity index (χ0n) is 13.5. The minimum Gasteiger partial charge on any atom is -0.466 e.